The summed E-state index contributed by atoms with van der Waals surface area (Å²) in [5.41, 5.74) is 4.76. The van der Waals surface area contributed by atoms with Gasteiger partial charge in [0.1, 0.15) is 5.75 Å². The van der Waals surface area contributed by atoms with Crippen LogP contribution in [0.25, 0.3) is 21.3 Å². The number of hydrogen-bond acceptors (Lipinski definition) is 9. The van der Waals surface area contributed by atoms with E-state index < -0.39 is 0 Å². The van der Waals surface area contributed by atoms with Gasteiger partial charge < -0.3 is 24.6 Å². The van der Waals surface area contributed by atoms with Gasteiger partial charge >= 0.3 is 0 Å². The third kappa shape index (κ3) is 5.01. The van der Waals surface area contributed by atoms with Crippen molar-refractivity contribution < 1.29 is 9.47 Å². The van der Waals surface area contributed by atoms with Gasteiger partial charge in [0.25, 0.3) is 0 Å². The first-order chi connectivity index (χ1) is 17.0. The second-order valence-electron chi connectivity index (χ2n) is 8.88. The van der Waals surface area contributed by atoms with Crippen molar-refractivity contribution in [1.82, 2.24) is 19.9 Å². The highest BCUT2D eigenvalue weighted by Crippen LogP contribution is 2.38. The van der Waals surface area contributed by atoms with Gasteiger partial charge in [-0.25, -0.2) is 15.0 Å². The number of nitrogens with one attached hydrogen (secondary N) is 1. The maximum atomic E-state index is 6.11. The fraction of sp³-hybridized carbons (Fsp3) is 0.346. The van der Waals surface area contributed by atoms with Gasteiger partial charge in [0.2, 0.25) is 11.8 Å². The Bertz CT molecular complexity index is 1320. The number of pyridine rings is 1. The largest absolute Gasteiger partial charge is 0.489 e. The van der Waals surface area contributed by atoms with Crippen molar-refractivity contribution in [2.75, 3.05) is 50.6 Å². The molecule has 0 saturated carbocycles. The number of nitrogens with zero attached hydrogens (tertiary/aromatic N) is 5. The molecule has 4 aromatic rings. The first kappa shape index (κ1) is 23.3. The average molecular weight is 491 g/mol. The Kier molecular flexibility index (Phi) is 6.70. The van der Waals surface area contributed by atoms with E-state index >= 15 is 0 Å². The molecule has 8 nitrogen and oxygen atoms in total. The summed E-state index contributed by atoms with van der Waals surface area (Å²) < 4.78 is 12.6. The maximum absolute atomic E-state index is 6.11. The number of rotatable bonds is 7. The zero-order valence-electron chi connectivity index (χ0n) is 20.5. The number of likely N-dealkylation sites (N-methyl/N-ethyl adjacent to an activating group) is 1. The molecule has 0 bridgehead atoms. The second kappa shape index (κ2) is 10.1. The van der Waals surface area contributed by atoms with E-state index in [1.807, 2.05) is 38.2 Å². The molecule has 4 heterocycles. The van der Waals surface area contributed by atoms with Crippen LogP contribution in [0.5, 0.6) is 11.6 Å². The van der Waals surface area contributed by atoms with Crippen LogP contribution in [0.3, 0.4) is 0 Å². The van der Waals surface area contributed by atoms with Gasteiger partial charge in [-0.15, -0.1) is 11.3 Å². The fourth-order valence-electron chi connectivity index (χ4n) is 4.19. The van der Waals surface area contributed by atoms with Crippen molar-refractivity contribution in [2.45, 2.75) is 20.0 Å². The van der Waals surface area contributed by atoms with Crippen molar-refractivity contribution >= 4 is 38.9 Å². The Hall–Kier alpha value is -3.43. The standard InChI is InChI=1S/C26H30N6O2S/c1-17(2)34-22-8-7-18(32-12-10-31(3)11-13-32)14-21(22)29-26-28-15-23-24(30-26)20(16-35-23)19-6-5-9-27-25(19)33-4/h5-9,14-17H,10-13H2,1-4H3,(H,28,29,30). The quantitative estimate of drug-likeness (QED) is 0.386. The van der Waals surface area contributed by atoms with E-state index in [1.54, 1.807) is 24.6 Å². The third-order valence-corrected chi connectivity index (χ3v) is 6.92. The van der Waals surface area contributed by atoms with Crippen molar-refractivity contribution in [2.24, 2.45) is 0 Å². The van der Waals surface area contributed by atoms with E-state index in [0.717, 1.165) is 64.6 Å². The van der Waals surface area contributed by atoms with Crippen LogP contribution in [-0.4, -0.2) is 66.3 Å². The minimum Gasteiger partial charge on any atom is -0.489 e. The molecule has 0 atom stereocenters. The number of ether oxygens (including phenoxy) is 2. The molecule has 1 saturated heterocycles. The number of benzene rings is 1. The number of anilines is 3. The normalized spacial score (nSPS) is 14.5. The van der Waals surface area contributed by atoms with Crippen LogP contribution in [-0.2, 0) is 0 Å². The molecule has 182 valence electrons. The van der Waals surface area contributed by atoms with Gasteiger partial charge in [0.05, 0.1) is 35.3 Å². The minimum atomic E-state index is 0.0509. The Morgan fingerprint density at radius 2 is 1.89 bits per heavy atom. The summed E-state index contributed by atoms with van der Waals surface area (Å²) in [7, 11) is 3.79. The maximum Gasteiger partial charge on any atom is 0.227 e. The molecule has 0 amide bonds. The molecule has 1 N–H and O–H groups in total. The SMILES string of the molecule is COc1ncccc1-c1csc2cnc(Nc3cc(N4CCN(C)CC4)ccc3OC(C)C)nc12. The van der Waals surface area contributed by atoms with Crippen molar-refractivity contribution in [1.29, 1.82) is 0 Å². The molecule has 5 rings (SSSR count). The summed E-state index contributed by atoms with van der Waals surface area (Å²) in [6.45, 7) is 8.14. The average Bonchev–Trinajstić information content (AvgIpc) is 3.28. The summed E-state index contributed by atoms with van der Waals surface area (Å²) in [6.07, 6.45) is 3.63. The number of fused-ring (bicyclic) bond motifs is 1. The van der Waals surface area contributed by atoms with Gasteiger partial charge in [-0.2, -0.15) is 0 Å². The van der Waals surface area contributed by atoms with Crippen molar-refractivity contribution in [3.05, 3.63) is 48.1 Å². The summed E-state index contributed by atoms with van der Waals surface area (Å²) in [6, 6.07) is 10.2. The highest BCUT2D eigenvalue weighted by Gasteiger charge is 2.18. The van der Waals surface area contributed by atoms with Gasteiger partial charge in [0, 0.05) is 54.6 Å². The zero-order valence-corrected chi connectivity index (χ0v) is 21.3. The van der Waals surface area contributed by atoms with E-state index in [1.165, 1.54) is 0 Å². The summed E-state index contributed by atoms with van der Waals surface area (Å²) in [4.78, 5) is 18.6. The number of aromatic nitrogens is 3. The number of hydrogen-bond donors (Lipinski definition) is 1. The molecule has 1 fully saturated rings. The van der Waals surface area contributed by atoms with Crippen LogP contribution in [0.15, 0.2) is 48.1 Å². The Morgan fingerprint density at radius 3 is 2.66 bits per heavy atom. The number of methoxy groups -OCH3 is 1. The zero-order chi connectivity index (χ0) is 24.4. The summed E-state index contributed by atoms with van der Waals surface area (Å²) in [5, 5.41) is 5.50. The van der Waals surface area contributed by atoms with Crippen LogP contribution in [0.4, 0.5) is 17.3 Å². The topological polar surface area (TPSA) is 75.6 Å². The predicted molar refractivity (Wildman–Crippen MR) is 142 cm³/mol. The molecule has 3 aromatic heterocycles. The number of thiophene rings is 1. The molecule has 0 unspecified atom stereocenters. The van der Waals surface area contributed by atoms with E-state index in [0.29, 0.717) is 11.8 Å². The lowest BCUT2D eigenvalue weighted by atomic mass is 10.1. The smallest absolute Gasteiger partial charge is 0.227 e. The summed E-state index contributed by atoms with van der Waals surface area (Å²) in [5.74, 6) is 1.87. The first-order valence-corrected chi connectivity index (χ1v) is 12.6. The molecule has 9 heteroatoms. The summed E-state index contributed by atoms with van der Waals surface area (Å²) >= 11 is 1.60. The van der Waals surface area contributed by atoms with E-state index in [-0.39, 0.29) is 6.10 Å². The van der Waals surface area contributed by atoms with Gasteiger partial charge in [0.15, 0.2) is 0 Å². The lowest BCUT2D eigenvalue weighted by molar-refractivity contribution is 0.243. The lowest BCUT2D eigenvalue weighted by Crippen LogP contribution is -2.44. The monoisotopic (exact) mass is 490 g/mol. The Balaban J connectivity index is 1.50. The Morgan fingerprint density at radius 1 is 1.06 bits per heavy atom. The molecular weight excluding hydrogens is 460 g/mol. The van der Waals surface area contributed by atoms with Crippen molar-refractivity contribution in [3.63, 3.8) is 0 Å². The number of piperazine rings is 1. The minimum absolute atomic E-state index is 0.0509. The highest BCUT2D eigenvalue weighted by atomic mass is 32.1. The van der Waals surface area contributed by atoms with Crippen LogP contribution >= 0.6 is 11.3 Å². The lowest BCUT2D eigenvalue weighted by Gasteiger charge is -2.34. The van der Waals surface area contributed by atoms with E-state index in [2.05, 4.69) is 49.6 Å². The first-order valence-electron chi connectivity index (χ1n) is 11.8. The molecule has 0 aliphatic carbocycles. The van der Waals surface area contributed by atoms with Gasteiger partial charge in [-0.1, -0.05) is 0 Å². The Labute approximate surface area is 209 Å². The molecule has 0 radical (unpaired) electrons. The van der Waals surface area contributed by atoms with Crippen LogP contribution < -0.4 is 19.7 Å². The van der Waals surface area contributed by atoms with E-state index in [4.69, 9.17) is 14.5 Å². The molecular formula is C26H30N6O2S. The van der Waals surface area contributed by atoms with Crippen LogP contribution in [0.1, 0.15) is 13.8 Å². The fourth-order valence-corrected chi connectivity index (χ4v) is 5.06. The molecule has 0 spiro atoms. The highest BCUT2D eigenvalue weighted by molar-refractivity contribution is 7.17. The second-order valence-corrected chi connectivity index (χ2v) is 9.79. The van der Waals surface area contributed by atoms with Gasteiger partial charge in [-0.05, 0) is 51.2 Å². The molecule has 1 aromatic carbocycles. The van der Waals surface area contributed by atoms with Crippen LogP contribution in [0.2, 0.25) is 0 Å². The molecule has 1 aliphatic heterocycles. The van der Waals surface area contributed by atoms with Gasteiger partial charge in [-0.3, -0.25) is 0 Å². The van der Waals surface area contributed by atoms with Crippen LogP contribution in [0, 0.1) is 0 Å². The van der Waals surface area contributed by atoms with Crippen molar-refractivity contribution in [3.8, 4) is 22.8 Å². The molecule has 1 aliphatic rings. The third-order valence-electron chi connectivity index (χ3n) is 6.01. The molecule has 35 heavy (non-hydrogen) atoms. The van der Waals surface area contributed by atoms with E-state index in [9.17, 15) is 0 Å². The predicted octanol–water partition coefficient (Wildman–Crippen LogP) is 5.04.